The fraction of sp³-hybridized carbons (Fsp3) is 0.179. The van der Waals surface area contributed by atoms with E-state index in [2.05, 4.69) is 25.9 Å². The van der Waals surface area contributed by atoms with Crippen LogP contribution in [-0.2, 0) is 9.53 Å². The van der Waals surface area contributed by atoms with Crippen LogP contribution in [0, 0.1) is 5.82 Å². The number of carbonyl (C=O) groups excluding carboxylic acids is 1. The maximum Gasteiger partial charge on any atom is 0.325 e. The van der Waals surface area contributed by atoms with Gasteiger partial charge in [-0.2, -0.15) is 4.98 Å². The number of hydrogen-bond donors (Lipinski definition) is 3. The van der Waals surface area contributed by atoms with Crippen LogP contribution >= 0.6 is 0 Å². The molecule has 9 nitrogen and oxygen atoms in total. The molecule has 2 heterocycles. The lowest BCUT2D eigenvalue weighted by molar-refractivity contribution is -0.140. The Balaban J connectivity index is 1.35. The monoisotopic (exact) mass is 515 g/mol. The molecular weight excluding hydrogens is 489 g/mol. The number of benzene rings is 3. The molecule has 0 spiro atoms. The molecule has 3 N–H and O–H groups in total. The van der Waals surface area contributed by atoms with E-state index in [0.717, 1.165) is 28.7 Å². The van der Waals surface area contributed by atoms with Gasteiger partial charge in [0.1, 0.15) is 19.8 Å². The molecule has 10 heteroatoms. The Kier molecular flexibility index (Phi) is 7.49. The summed E-state index contributed by atoms with van der Waals surface area (Å²) in [6.07, 6.45) is 1.11. The molecule has 0 aliphatic carbocycles. The number of rotatable bonds is 9. The van der Waals surface area contributed by atoms with Crippen molar-refractivity contribution < 1.29 is 23.4 Å². The lowest BCUT2D eigenvalue weighted by Gasteiger charge is -2.19. The minimum absolute atomic E-state index is 0.0156. The summed E-state index contributed by atoms with van der Waals surface area (Å²) < 4.78 is 30.7. The van der Waals surface area contributed by atoms with Crippen molar-refractivity contribution in [1.29, 1.82) is 0 Å². The zero-order valence-corrected chi connectivity index (χ0v) is 20.7. The molecule has 3 aromatic carbocycles. The van der Waals surface area contributed by atoms with E-state index in [1.54, 1.807) is 25.1 Å². The summed E-state index contributed by atoms with van der Waals surface area (Å²) in [5.74, 6) is 0.538. The van der Waals surface area contributed by atoms with Gasteiger partial charge in [-0.05, 0) is 42.8 Å². The van der Waals surface area contributed by atoms with E-state index in [0.29, 0.717) is 37.0 Å². The van der Waals surface area contributed by atoms with Gasteiger partial charge in [0.25, 0.3) is 0 Å². The molecular formula is C28H26FN5O4. The fourth-order valence-electron chi connectivity index (χ4n) is 3.92. The van der Waals surface area contributed by atoms with E-state index in [1.165, 1.54) is 0 Å². The number of nitrogens with one attached hydrogen (secondary N) is 3. The van der Waals surface area contributed by atoms with E-state index < -0.39 is 5.82 Å². The van der Waals surface area contributed by atoms with Crippen molar-refractivity contribution in [2.45, 2.75) is 6.92 Å². The molecule has 0 atom stereocenters. The molecule has 0 radical (unpaired) electrons. The zero-order chi connectivity index (χ0) is 26.3. The minimum atomic E-state index is -0.598. The summed E-state index contributed by atoms with van der Waals surface area (Å²) >= 11 is 0. The number of nitrogens with zero attached hydrogens (tertiary/aromatic N) is 2. The number of hydrogen-bond acceptors (Lipinski definition) is 9. The van der Waals surface area contributed by atoms with E-state index in [9.17, 15) is 9.18 Å². The first-order chi connectivity index (χ1) is 18.6. The van der Waals surface area contributed by atoms with Crippen molar-refractivity contribution in [3.8, 4) is 22.6 Å². The topological polar surface area (TPSA) is 107 Å². The second-order valence-electron chi connectivity index (χ2n) is 8.28. The zero-order valence-electron chi connectivity index (χ0n) is 20.7. The van der Waals surface area contributed by atoms with Crippen LogP contribution in [0.4, 0.5) is 33.2 Å². The number of aromatic nitrogens is 2. The Morgan fingerprint density at radius 2 is 1.82 bits per heavy atom. The number of halogens is 1. The van der Waals surface area contributed by atoms with Gasteiger partial charge in [-0.1, -0.05) is 30.3 Å². The maximum absolute atomic E-state index is 14.6. The number of fused-ring (bicyclic) bond motifs is 1. The largest absolute Gasteiger partial charge is 0.486 e. The molecule has 0 bridgehead atoms. The summed E-state index contributed by atoms with van der Waals surface area (Å²) in [4.78, 5) is 20.2. The van der Waals surface area contributed by atoms with Crippen LogP contribution in [0.2, 0.25) is 0 Å². The molecule has 194 valence electrons. The Hall–Kier alpha value is -4.86. The summed E-state index contributed by atoms with van der Waals surface area (Å²) in [6, 6.07) is 20.5. The molecule has 0 unspecified atom stereocenters. The molecule has 4 aromatic rings. The van der Waals surface area contributed by atoms with Gasteiger partial charge in [0.15, 0.2) is 23.1 Å². The van der Waals surface area contributed by atoms with Gasteiger partial charge in [-0.15, -0.1) is 0 Å². The highest BCUT2D eigenvalue weighted by atomic mass is 19.1. The molecule has 0 saturated carbocycles. The van der Waals surface area contributed by atoms with Gasteiger partial charge in [-0.25, -0.2) is 9.37 Å². The van der Waals surface area contributed by atoms with Crippen molar-refractivity contribution in [1.82, 2.24) is 9.97 Å². The van der Waals surface area contributed by atoms with E-state index >= 15 is 0 Å². The molecule has 0 saturated heterocycles. The standard InChI is InChI=1S/C28H26FN5O4/c1-2-36-26(35)17-30-19-7-5-6-18(14-19)21-8-3-4-9-23(21)33-28-31-16-22(29)27(34-28)32-20-10-11-24-25(15-20)38-13-12-37-24/h3-11,14-16,30H,2,12-13,17H2,1H3,(H2,31,32,33,34). The smallest absolute Gasteiger partial charge is 0.325 e. The van der Waals surface area contributed by atoms with E-state index in [-0.39, 0.29) is 24.3 Å². The highest BCUT2D eigenvalue weighted by Crippen LogP contribution is 2.34. The van der Waals surface area contributed by atoms with Crippen molar-refractivity contribution in [3.05, 3.63) is 78.7 Å². The van der Waals surface area contributed by atoms with Gasteiger partial charge in [0, 0.05) is 28.7 Å². The van der Waals surface area contributed by atoms with Crippen molar-refractivity contribution in [2.24, 2.45) is 0 Å². The fourth-order valence-corrected chi connectivity index (χ4v) is 3.92. The summed E-state index contributed by atoms with van der Waals surface area (Å²) in [7, 11) is 0. The normalized spacial score (nSPS) is 11.9. The molecule has 5 rings (SSSR count). The molecule has 38 heavy (non-hydrogen) atoms. The lowest BCUT2D eigenvalue weighted by Crippen LogP contribution is -2.16. The summed E-state index contributed by atoms with van der Waals surface area (Å²) in [5.41, 5.74) is 3.88. The average molecular weight is 516 g/mol. The number of esters is 1. The van der Waals surface area contributed by atoms with Gasteiger partial charge in [-0.3, -0.25) is 4.79 Å². The van der Waals surface area contributed by atoms with Crippen LogP contribution < -0.4 is 25.4 Å². The van der Waals surface area contributed by atoms with Crippen molar-refractivity contribution >= 4 is 34.8 Å². The Morgan fingerprint density at radius 3 is 2.68 bits per heavy atom. The Bertz CT molecular complexity index is 1450. The predicted octanol–water partition coefficient (Wildman–Crippen LogP) is 5.52. The average Bonchev–Trinajstić information content (AvgIpc) is 2.94. The number of carbonyl (C=O) groups is 1. The lowest BCUT2D eigenvalue weighted by atomic mass is 10.0. The molecule has 1 aliphatic heterocycles. The quantitative estimate of drug-likeness (QED) is 0.249. The van der Waals surface area contributed by atoms with Crippen LogP contribution in [0.25, 0.3) is 11.1 Å². The van der Waals surface area contributed by atoms with Crippen LogP contribution in [0.1, 0.15) is 6.92 Å². The highest BCUT2D eigenvalue weighted by molar-refractivity contribution is 5.82. The summed E-state index contributed by atoms with van der Waals surface area (Å²) in [5, 5.41) is 9.26. The van der Waals surface area contributed by atoms with E-state index in [1.807, 2.05) is 48.5 Å². The van der Waals surface area contributed by atoms with Gasteiger partial charge in [0.2, 0.25) is 5.95 Å². The van der Waals surface area contributed by atoms with Gasteiger partial charge >= 0.3 is 5.97 Å². The number of ether oxygens (including phenoxy) is 3. The Morgan fingerprint density at radius 1 is 0.974 bits per heavy atom. The van der Waals surface area contributed by atoms with Crippen LogP contribution in [0.5, 0.6) is 11.5 Å². The number of para-hydroxylation sites is 1. The van der Waals surface area contributed by atoms with Crippen molar-refractivity contribution in [2.75, 3.05) is 42.3 Å². The molecule has 0 amide bonds. The maximum atomic E-state index is 14.6. The van der Waals surface area contributed by atoms with Crippen LogP contribution in [0.15, 0.2) is 72.9 Å². The second-order valence-corrected chi connectivity index (χ2v) is 8.28. The van der Waals surface area contributed by atoms with Crippen LogP contribution in [-0.4, -0.2) is 42.3 Å². The first kappa shape index (κ1) is 24.8. The highest BCUT2D eigenvalue weighted by Gasteiger charge is 2.14. The third-order valence-corrected chi connectivity index (χ3v) is 5.64. The number of anilines is 5. The molecule has 0 fully saturated rings. The Labute approximate surface area is 219 Å². The minimum Gasteiger partial charge on any atom is -0.486 e. The molecule has 1 aromatic heterocycles. The van der Waals surface area contributed by atoms with Crippen molar-refractivity contribution in [3.63, 3.8) is 0 Å². The van der Waals surface area contributed by atoms with Gasteiger partial charge in [0.05, 0.1) is 12.8 Å². The third-order valence-electron chi connectivity index (χ3n) is 5.64. The first-order valence-electron chi connectivity index (χ1n) is 12.1. The van der Waals surface area contributed by atoms with Gasteiger partial charge < -0.3 is 30.2 Å². The first-order valence-corrected chi connectivity index (χ1v) is 12.1. The SMILES string of the molecule is CCOC(=O)CNc1cccc(-c2ccccc2Nc2ncc(F)c(Nc3ccc4c(c3)OCCO4)n2)c1. The second kappa shape index (κ2) is 11.5. The molecule has 1 aliphatic rings. The third kappa shape index (κ3) is 5.92. The summed E-state index contributed by atoms with van der Waals surface area (Å²) in [6.45, 7) is 3.12. The van der Waals surface area contributed by atoms with Crippen LogP contribution in [0.3, 0.4) is 0 Å². The predicted molar refractivity (Wildman–Crippen MR) is 143 cm³/mol. The van der Waals surface area contributed by atoms with E-state index in [4.69, 9.17) is 14.2 Å².